The molecule has 1 fully saturated rings. The van der Waals surface area contributed by atoms with Gasteiger partial charge in [0, 0.05) is 12.0 Å². The molecule has 2 nitrogen and oxygen atoms in total. The third-order valence-electron chi connectivity index (χ3n) is 3.32. The smallest absolute Gasteiger partial charge is 0.122 e. The monoisotopic (exact) mass is 191 g/mol. The fourth-order valence-electron chi connectivity index (χ4n) is 2.14. The van der Waals surface area contributed by atoms with E-state index in [1.807, 2.05) is 6.07 Å². The first-order valence-corrected chi connectivity index (χ1v) is 5.08. The van der Waals surface area contributed by atoms with Crippen LogP contribution in [0.4, 0.5) is 0 Å². The zero-order valence-electron chi connectivity index (χ0n) is 8.84. The van der Waals surface area contributed by atoms with Gasteiger partial charge in [0.25, 0.3) is 0 Å². The van der Waals surface area contributed by atoms with Crippen LogP contribution in [0.5, 0.6) is 5.75 Å². The van der Waals surface area contributed by atoms with Gasteiger partial charge in [-0.05, 0) is 37.0 Å². The lowest BCUT2D eigenvalue weighted by atomic mass is 9.91. The highest BCUT2D eigenvalue weighted by Crippen LogP contribution is 2.49. The molecule has 0 atom stereocenters. The molecule has 0 radical (unpaired) electrons. The molecular weight excluding hydrogens is 174 g/mol. The van der Waals surface area contributed by atoms with Crippen molar-refractivity contribution in [3.63, 3.8) is 0 Å². The fraction of sp³-hybridized carbons (Fsp3) is 0.500. The summed E-state index contributed by atoms with van der Waals surface area (Å²) in [4.78, 5) is 0. The van der Waals surface area contributed by atoms with Crippen LogP contribution < -0.4 is 10.5 Å². The summed E-state index contributed by atoms with van der Waals surface area (Å²) in [5.74, 6) is 0.974. The van der Waals surface area contributed by atoms with E-state index in [0.29, 0.717) is 0 Å². The van der Waals surface area contributed by atoms with Gasteiger partial charge in [-0.25, -0.2) is 0 Å². The highest BCUT2D eigenvalue weighted by atomic mass is 16.5. The van der Waals surface area contributed by atoms with Gasteiger partial charge in [-0.3, -0.25) is 0 Å². The predicted molar refractivity (Wildman–Crippen MR) is 57.7 cm³/mol. The van der Waals surface area contributed by atoms with Gasteiger partial charge in [0.2, 0.25) is 0 Å². The molecule has 0 aliphatic heterocycles. The van der Waals surface area contributed by atoms with Crippen molar-refractivity contribution in [2.24, 2.45) is 5.73 Å². The summed E-state index contributed by atoms with van der Waals surface area (Å²) in [5, 5.41) is 0. The van der Waals surface area contributed by atoms with E-state index >= 15 is 0 Å². The molecule has 1 saturated carbocycles. The maximum absolute atomic E-state index is 5.82. The van der Waals surface area contributed by atoms with Crippen molar-refractivity contribution in [3.8, 4) is 5.75 Å². The highest BCUT2D eigenvalue weighted by molar-refractivity contribution is 5.46. The van der Waals surface area contributed by atoms with E-state index in [1.54, 1.807) is 7.11 Å². The Balaban J connectivity index is 2.43. The van der Waals surface area contributed by atoms with Gasteiger partial charge in [-0.15, -0.1) is 0 Å². The molecule has 0 unspecified atom stereocenters. The van der Waals surface area contributed by atoms with Gasteiger partial charge in [0.05, 0.1) is 7.11 Å². The molecule has 14 heavy (non-hydrogen) atoms. The highest BCUT2D eigenvalue weighted by Gasteiger charge is 2.44. The topological polar surface area (TPSA) is 35.2 Å². The van der Waals surface area contributed by atoms with Crippen molar-refractivity contribution in [1.82, 2.24) is 0 Å². The Kier molecular flexibility index (Phi) is 2.23. The van der Waals surface area contributed by atoms with E-state index in [4.69, 9.17) is 10.5 Å². The number of methoxy groups -OCH3 is 1. The van der Waals surface area contributed by atoms with Gasteiger partial charge in [0.15, 0.2) is 0 Å². The third kappa shape index (κ3) is 1.30. The first kappa shape index (κ1) is 9.53. The van der Waals surface area contributed by atoms with Gasteiger partial charge < -0.3 is 10.5 Å². The van der Waals surface area contributed by atoms with Crippen molar-refractivity contribution in [2.45, 2.75) is 25.2 Å². The Labute approximate surface area is 85.1 Å². The van der Waals surface area contributed by atoms with Crippen molar-refractivity contribution in [1.29, 1.82) is 0 Å². The van der Waals surface area contributed by atoms with E-state index < -0.39 is 0 Å². The number of nitrogens with two attached hydrogens (primary N) is 1. The summed E-state index contributed by atoms with van der Waals surface area (Å²) >= 11 is 0. The second-order valence-electron chi connectivity index (χ2n) is 4.12. The van der Waals surface area contributed by atoms with Crippen LogP contribution in [0.3, 0.4) is 0 Å². The van der Waals surface area contributed by atoms with E-state index in [1.165, 1.54) is 24.0 Å². The molecule has 1 aliphatic carbocycles. The van der Waals surface area contributed by atoms with E-state index in [9.17, 15) is 0 Å². The number of hydrogen-bond donors (Lipinski definition) is 1. The number of rotatable bonds is 3. The molecule has 0 bridgehead atoms. The molecule has 0 saturated heterocycles. The van der Waals surface area contributed by atoms with Crippen LogP contribution in [0.15, 0.2) is 18.2 Å². The average Bonchev–Trinajstić information content (AvgIpc) is 2.99. The van der Waals surface area contributed by atoms with E-state index in [0.717, 1.165) is 12.3 Å². The molecule has 1 aromatic rings. The zero-order chi connectivity index (χ0) is 10.2. The second kappa shape index (κ2) is 3.28. The van der Waals surface area contributed by atoms with Gasteiger partial charge in [-0.2, -0.15) is 0 Å². The molecular formula is C12H17NO. The van der Waals surface area contributed by atoms with Crippen LogP contribution in [0, 0.1) is 6.92 Å². The van der Waals surface area contributed by atoms with Crippen LogP contribution in [0.25, 0.3) is 0 Å². The molecule has 76 valence electrons. The first-order valence-electron chi connectivity index (χ1n) is 5.08. The zero-order valence-corrected chi connectivity index (χ0v) is 8.84. The second-order valence-corrected chi connectivity index (χ2v) is 4.12. The van der Waals surface area contributed by atoms with Crippen LogP contribution in [-0.2, 0) is 5.41 Å². The standard InChI is InChI=1S/C12H17NO/c1-9-10(12(8-13)6-7-12)4-3-5-11(9)14-2/h3-5H,6-8,13H2,1-2H3. The largest absolute Gasteiger partial charge is 0.496 e. The summed E-state index contributed by atoms with van der Waals surface area (Å²) in [6.07, 6.45) is 2.44. The van der Waals surface area contributed by atoms with Crippen LogP contribution in [-0.4, -0.2) is 13.7 Å². The summed E-state index contributed by atoms with van der Waals surface area (Å²) in [7, 11) is 1.72. The van der Waals surface area contributed by atoms with Gasteiger partial charge in [0.1, 0.15) is 5.75 Å². The predicted octanol–water partition coefficient (Wildman–Crippen LogP) is 1.99. The lowest BCUT2D eigenvalue weighted by Crippen LogP contribution is -2.20. The van der Waals surface area contributed by atoms with Gasteiger partial charge in [-0.1, -0.05) is 12.1 Å². The lowest BCUT2D eigenvalue weighted by molar-refractivity contribution is 0.410. The Hall–Kier alpha value is -1.02. The maximum Gasteiger partial charge on any atom is 0.122 e. The molecule has 0 amide bonds. The Morgan fingerprint density at radius 2 is 2.14 bits per heavy atom. The Morgan fingerprint density at radius 1 is 1.43 bits per heavy atom. The molecule has 2 rings (SSSR count). The molecule has 0 spiro atoms. The SMILES string of the molecule is COc1cccc(C2(CN)CC2)c1C. The molecule has 2 heteroatoms. The van der Waals surface area contributed by atoms with Crippen LogP contribution in [0.1, 0.15) is 24.0 Å². The number of hydrogen-bond acceptors (Lipinski definition) is 2. The van der Waals surface area contributed by atoms with Crippen LogP contribution in [0.2, 0.25) is 0 Å². The third-order valence-corrected chi connectivity index (χ3v) is 3.32. The lowest BCUT2D eigenvalue weighted by Gasteiger charge is -2.17. The maximum atomic E-state index is 5.82. The minimum absolute atomic E-state index is 0.263. The Morgan fingerprint density at radius 3 is 2.64 bits per heavy atom. The van der Waals surface area contributed by atoms with Crippen molar-refractivity contribution in [2.75, 3.05) is 13.7 Å². The molecule has 1 aromatic carbocycles. The van der Waals surface area contributed by atoms with Crippen molar-refractivity contribution >= 4 is 0 Å². The van der Waals surface area contributed by atoms with E-state index in [2.05, 4.69) is 19.1 Å². The molecule has 0 heterocycles. The molecule has 0 aromatic heterocycles. The minimum Gasteiger partial charge on any atom is -0.496 e. The minimum atomic E-state index is 0.263. The summed E-state index contributed by atoms with van der Waals surface area (Å²) in [5.41, 5.74) is 8.71. The normalized spacial score (nSPS) is 17.9. The summed E-state index contributed by atoms with van der Waals surface area (Å²) < 4.78 is 5.31. The van der Waals surface area contributed by atoms with E-state index in [-0.39, 0.29) is 5.41 Å². The van der Waals surface area contributed by atoms with Gasteiger partial charge >= 0.3 is 0 Å². The molecule has 1 aliphatic rings. The Bertz CT molecular complexity index is 342. The van der Waals surface area contributed by atoms with Crippen molar-refractivity contribution in [3.05, 3.63) is 29.3 Å². The average molecular weight is 191 g/mol. The molecule has 2 N–H and O–H groups in total. The number of benzene rings is 1. The summed E-state index contributed by atoms with van der Waals surface area (Å²) in [6, 6.07) is 6.24. The first-order chi connectivity index (χ1) is 6.73. The van der Waals surface area contributed by atoms with Crippen LogP contribution >= 0.6 is 0 Å². The van der Waals surface area contributed by atoms with Crippen molar-refractivity contribution < 1.29 is 4.74 Å². The summed E-state index contributed by atoms with van der Waals surface area (Å²) in [6.45, 7) is 2.87. The number of ether oxygens (including phenoxy) is 1. The fourth-order valence-corrected chi connectivity index (χ4v) is 2.14. The quantitative estimate of drug-likeness (QED) is 0.793.